The molecule has 0 N–H and O–H groups in total. The lowest BCUT2D eigenvalue weighted by atomic mass is 9.98. The molecule has 1 heterocycles. The molecule has 3 heteroatoms. The molecule has 0 spiro atoms. The van der Waals surface area contributed by atoms with Crippen molar-refractivity contribution < 1.29 is 0 Å². The van der Waals surface area contributed by atoms with E-state index < -0.39 is 0 Å². The van der Waals surface area contributed by atoms with Crippen molar-refractivity contribution in [1.82, 2.24) is 9.78 Å². The summed E-state index contributed by atoms with van der Waals surface area (Å²) in [5.74, 6) is 0. The maximum absolute atomic E-state index is 4.61. The molecule has 1 aromatic carbocycles. The summed E-state index contributed by atoms with van der Waals surface area (Å²) in [7, 11) is 3.26. The molecule has 0 atom stereocenters. The van der Waals surface area contributed by atoms with Crippen LogP contribution >= 0.6 is 8.19 Å². The maximum atomic E-state index is 4.61. The van der Waals surface area contributed by atoms with Crippen LogP contribution < -0.4 is 0 Å². The monoisotopic (exact) mass is 232 g/mol. The summed E-state index contributed by atoms with van der Waals surface area (Å²) in [4.78, 5) is 0. The van der Waals surface area contributed by atoms with Gasteiger partial charge in [0.15, 0.2) is 0 Å². The molecule has 0 radical (unpaired) electrons. The average molecular weight is 232 g/mol. The third kappa shape index (κ3) is 2.17. The van der Waals surface area contributed by atoms with Gasteiger partial charge in [-0.05, 0) is 8.19 Å². The van der Waals surface area contributed by atoms with Crippen molar-refractivity contribution in [2.45, 2.75) is 26.2 Å². The van der Waals surface area contributed by atoms with Crippen molar-refractivity contribution >= 4 is 8.19 Å². The molecule has 0 aliphatic rings. The second-order valence-electron chi connectivity index (χ2n) is 5.00. The number of hydrogen-bond donors (Lipinski definition) is 0. The third-order valence-electron chi connectivity index (χ3n) is 2.47. The van der Waals surface area contributed by atoms with Gasteiger partial charge in [0.25, 0.3) is 0 Å². The van der Waals surface area contributed by atoms with E-state index in [0.717, 1.165) is 5.43 Å². The van der Waals surface area contributed by atoms with Crippen LogP contribution in [0.5, 0.6) is 0 Å². The van der Waals surface area contributed by atoms with Crippen LogP contribution in [0.1, 0.15) is 26.2 Å². The largest absolute Gasteiger partial charge is 0.267 e. The summed E-state index contributed by atoms with van der Waals surface area (Å²) >= 11 is 0. The molecule has 2 rings (SSSR count). The average Bonchev–Trinajstić information content (AvgIpc) is 2.61. The normalized spacial score (nSPS) is 12.2. The zero-order valence-electron chi connectivity index (χ0n) is 10.2. The van der Waals surface area contributed by atoms with Crippen LogP contribution in [0, 0.1) is 0 Å². The van der Waals surface area contributed by atoms with E-state index in [2.05, 4.69) is 50.1 Å². The van der Waals surface area contributed by atoms with Crippen molar-refractivity contribution in [1.29, 1.82) is 0 Å². The fourth-order valence-electron chi connectivity index (χ4n) is 1.75. The molecule has 0 saturated heterocycles. The van der Waals surface area contributed by atoms with Crippen LogP contribution in [-0.2, 0) is 12.5 Å². The Balaban J connectivity index is 2.47. The molecular formula is C13H17N2P. The van der Waals surface area contributed by atoms with E-state index in [1.54, 1.807) is 0 Å². The topological polar surface area (TPSA) is 17.8 Å². The van der Waals surface area contributed by atoms with Gasteiger partial charge in [-0.25, -0.2) is 0 Å². The molecule has 1 aromatic heterocycles. The highest BCUT2D eigenvalue weighted by Gasteiger charge is 2.20. The Morgan fingerprint density at radius 2 is 1.75 bits per heavy atom. The fraction of sp³-hybridized carbons (Fsp3) is 0.385. The molecule has 0 aliphatic carbocycles. The molecule has 16 heavy (non-hydrogen) atoms. The highest BCUT2D eigenvalue weighted by Crippen LogP contribution is 2.36. The number of aromatic nitrogens is 2. The summed E-state index contributed by atoms with van der Waals surface area (Å²) in [6, 6.07) is 10.4. The molecule has 2 nitrogen and oxygen atoms in total. The van der Waals surface area contributed by atoms with Crippen molar-refractivity contribution in [2.75, 3.05) is 0 Å². The van der Waals surface area contributed by atoms with Crippen molar-refractivity contribution in [2.24, 2.45) is 7.05 Å². The Morgan fingerprint density at radius 1 is 1.12 bits per heavy atom. The smallest absolute Gasteiger partial charge is 0.119 e. The lowest BCUT2D eigenvalue weighted by molar-refractivity contribution is 0.534. The summed E-state index contributed by atoms with van der Waals surface area (Å²) in [6.07, 6.45) is 0. The van der Waals surface area contributed by atoms with Gasteiger partial charge in [0.2, 0.25) is 0 Å². The van der Waals surface area contributed by atoms with E-state index in [1.807, 2.05) is 17.8 Å². The maximum Gasteiger partial charge on any atom is 0.119 e. The van der Waals surface area contributed by atoms with Crippen LogP contribution in [0.4, 0.5) is 0 Å². The SMILES string of the molecule is Cn1nc(-c2ccccc2)pc1C(C)(C)C. The van der Waals surface area contributed by atoms with E-state index >= 15 is 0 Å². The first-order chi connectivity index (χ1) is 7.48. The highest BCUT2D eigenvalue weighted by molar-refractivity contribution is 7.34. The minimum atomic E-state index is 0.177. The van der Waals surface area contributed by atoms with E-state index in [4.69, 9.17) is 0 Å². The fourth-order valence-corrected chi connectivity index (χ4v) is 2.93. The standard InChI is InChI=1S/C13H17N2P/c1-13(2,3)12-15(4)14-11(16-12)10-8-6-5-7-9-10/h5-9H,1-4H3. The molecule has 0 fully saturated rings. The number of aryl methyl sites for hydroxylation is 1. The Kier molecular flexibility index (Phi) is 2.86. The Labute approximate surface area is 98.4 Å². The molecule has 0 unspecified atom stereocenters. The number of benzene rings is 1. The Morgan fingerprint density at radius 3 is 2.25 bits per heavy atom. The zero-order chi connectivity index (χ0) is 11.8. The predicted octanol–water partition coefficient (Wildman–Crippen LogP) is 3.96. The highest BCUT2D eigenvalue weighted by atomic mass is 31.0. The van der Waals surface area contributed by atoms with Crippen LogP contribution in [-0.4, -0.2) is 9.78 Å². The van der Waals surface area contributed by atoms with Crippen LogP contribution in [0.25, 0.3) is 11.0 Å². The Bertz CT molecular complexity index is 480. The Hall–Kier alpha value is -1.14. The second-order valence-corrected chi connectivity index (χ2v) is 6.07. The van der Waals surface area contributed by atoms with Crippen molar-refractivity contribution in [3.05, 3.63) is 35.8 Å². The molecule has 2 aromatic rings. The van der Waals surface area contributed by atoms with Gasteiger partial charge in [-0.15, -0.1) is 0 Å². The number of rotatable bonds is 1. The van der Waals surface area contributed by atoms with Crippen LogP contribution in [0.15, 0.2) is 30.3 Å². The molecule has 0 bridgehead atoms. The summed E-state index contributed by atoms with van der Waals surface area (Å²) in [6.45, 7) is 6.69. The zero-order valence-corrected chi connectivity index (χ0v) is 11.1. The lowest BCUT2D eigenvalue weighted by Gasteiger charge is -2.17. The van der Waals surface area contributed by atoms with E-state index in [1.165, 1.54) is 19.2 Å². The molecule has 0 saturated carbocycles. The summed E-state index contributed by atoms with van der Waals surface area (Å²) < 4.78 is 2.02. The van der Waals surface area contributed by atoms with Gasteiger partial charge in [0.05, 0.1) is 5.43 Å². The van der Waals surface area contributed by atoms with Gasteiger partial charge in [-0.1, -0.05) is 51.1 Å². The van der Waals surface area contributed by atoms with Gasteiger partial charge in [-0.2, -0.15) is 5.10 Å². The number of hydrogen-bond acceptors (Lipinski definition) is 1. The first-order valence-corrected chi connectivity index (χ1v) is 6.35. The quantitative estimate of drug-likeness (QED) is 0.727. The molecule has 84 valence electrons. The summed E-state index contributed by atoms with van der Waals surface area (Å²) in [5.41, 5.74) is 3.89. The third-order valence-corrected chi connectivity index (χ3v) is 4.20. The van der Waals surface area contributed by atoms with E-state index in [-0.39, 0.29) is 5.41 Å². The van der Waals surface area contributed by atoms with Gasteiger partial charge < -0.3 is 0 Å². The summed E-state index contributed by atoms with van der Waals surface area (Å²) in [5, 5.41) is 4.61. The number of nitrogens with zero attached hydrogens (tertiary/aromatic N) is 2. The minimum absolute atomic E-state index is 0.177. The molecular weight excluding hydrogens is 215 g/mol. The second kappa shape index (κ2) is 4.03. The molecule has 0 amide bonds. The van der Waals surface area contributed by atoms with Crippen molar-refractivity contribution in [3.8, 4) is 11.0 Å². The van der Waals surface area contributed by atoms with Crippen LogP contribution in [0.3, 0.4) is 0 Å². The lowest BCUT2D eigenvalue weighted by Crippen LogP contribution is -2.14. The molecule has 0 aliphatic heterocycles. The van der Waals surface area contributed by atoms with Gasteiger partial charge >= 0.3 is 0 Å². The van der Waals surface area contributed by atoms with Gasteiger partial charge in [-0.3, -0.25) is 4.68 Å². The van der Waals surface area contributed by atoms with E-state index in [9.17, 15) is 0 Å². The van der Waals surface area contributed by atoms with E-state index in [0.29, 0.717) is 0 Å². The van der Waals surface area contributed by atoms with Gasteiger partial charge in [0, 0.05) is 18.0 Å². The van der Waals surface area contributed by atoms with Crippen molar-refractivity contribution in [3.63, 3.8) is 0 Å². The predicted molar refractivity (Wildman–Crippen MR) is 69.9 cm³/mol. The minimum Gasteiger partial charge on any atom is -0.267 e. The first kappa shape index (κ1) is 11.3. The van der Waals surface area contributed by atoms with Crippen LogP contribution in [0.2, 0.25) is 0 Å². The van der Waals surface area contributed by atoms with Gasteiger partial charge in [0.1, 0.15) is 5.43 Å². The first-order valence-electron chi connectivity index (χ1n) is 5.45.